The fourth-order valence-electron chi connectivity index (χ4n) is 2.50. The van der Waals surface area contributed by atoms with Crippen molar-refractivity contribution in [1.29, 1.82) is 5.41 Å². The van der Waals surface area contributed by atoms with E-state index in [4.69, 9.17) is 32.2 Å². The van der Waals surface area contributed by atoms with Gasteiger partial charge in [-0.3, -0.25) is 5.41 Å². The second-order valence-corrected chi connectivity index (χ2v) is 6.02. The maximum atomic E-state index is 8.31. The zero-order valence-electron chi connectivity index (χ0n) is 13.6. The first-order chi connectivity index (χ1) is 12.1. The van der Waals surface area contributed by atoms with E-state index in [1.54, 1.807) is 24.4 Å². The molecule has 2 aromatic rings. The number of hydrogen-bond donors (Lipinski definition) is 2. The molecule has 2 heterocycles. The Balaban J connectivity index is 1.86. The number of aromatic nitrogens is 1. The summed E-state index contributed by atoms with van der Waals surface area (Å²) in [6, 6.07) is 8.87. The lowest BCUT2D eigenvalue weighted by molar-refractivity contribution is 0.0237. The molecule has 1 aliphatic heterocycles. The van der Waals surface area contributed by atoms with Gasteiger partial charge in [0.1, 0.15) is 11.8 Å². The number of nitrogens with zero attached hydrogens (tertiary/aromatic N) is 1. The highest BCUT2D eigenvalue weighted by Crippen LogP contribution is 2.25. The van der Waals surface area contributed by atoms with Crippen molar-refractivity contribution in [1.82, 2.24) is 4.98 Å². The lowest BCUT2D eigenvalue weighted by Gasteiger charge is -2.23. The third-order valence-electron chi connectivity index (χ3n) is 3.84. The van der Waals surface area contributed by atoms with Crippen LogP contribution in [0.4, 0.5) is 5.69 Å². The molecule has 0 radical (unpaired) electrons. The van der Waals surface area contributed by atoms with Gasteiger partial charge in [-0.1, -0.05) is 29.7 Å². The Morgan fingerprint density at radius 1 is 1.28 bits per heavy atom. The van der Waals surface area contributed by atoms with Crippen LogP contribution in [0.3, 0.4) is 0 Å². The third-order valence-corrected chi connectivity index (χ3v) is 4.17. The summed E-state index contributed by atoms with van der Waals surface area (Å²) in [6.45, 7) is 1.32. The molecule has 1 aliphatic rings. The second-order valence-electron chi connectivity index (χ2n) is 5.61. The van der Waals surface area contributed by atoms with Crippen LogP contribution in [-0.4, -0.2) is 30.0 Å². The maximum absolute atomic E-state index is 8.31. The van der Waals surface area contributed by atoms with Gasteiger partial charge in [0.25, 0.3) is 0 Å². The number of anilines is 1. The lowest BCUT2D eigenvalue weighted by atomic mass is 10.1. The van der Waals surface area contributed by atoms with E-state index in [1.807, 2.05) is 12.1 Å². The number of nitrogen functional groups attached to an aromatic ring is 1. The molecule has 25 heavy (non-hydrogen) atoms. The smallest absolute Gasteiger partial charge is 0.226 e. The summed E-state index contributed by atoms with van der Waals surface area (Å²) < 4.78 is 11.3. The van der Waals surface area contributed by atoms with Gasteiger partial charge < -0.3 is 15.2 Å². The largest absolute Gasteiger partial charge is 0.474 e. The molecule has 1 saturated heterocycles. The van der Waals surface area contributed by atoms with E-state index in [2.05, 4.69) is 16.8 Å². The van der Waals surface area contributed by atoms with Crippen LogP contribution < -0.4 is 10.5 Å². The van der Waals surface area contributed by atoms with Crippen LogP contribution in [0.15, 0.2) is 36.5 Å². The molecule has 128 valence electrons. The number of ether oxygens (including phenoxy) is 2. The lowest BCUT2D eigenvalue weighted by Crippen LogP contribution is -2.27. The van der Waals surface area contributed by atoms with Gasteiger partial charge in [0.2, 0.25) is 5.88 Å². The van der Waals surface area contributed by atoms with E-state index in [-0.39, 0.29) is 11.8 Å². The summed E-state index contributed by atoms with van der Waals surface area (Å²) in [5, 5.41) is 8.85. The maximum Gasteiger partial charge on any atom is 0.226 e. The third kappa shape index (κ3) is 4.30. The molecule has 0 bridgehead atoms. The summed E-state index contributed by atoms with van der Waals surface area (Å²) in [4.78, 5) is 4.25. The zero-order chi connectivity index (χ0) is 17.6. The quantitative estimate of drug-likeness (QED) is 0.654. The van der Waals surface area contributed by atoms with Crippen molar-refractivity contribution in [2.75, 3.05) is 18.9 Å². The van der Waals surface area contributed by atoms with Gasteiger partial charge in [0.05, 0.1) is 23.8 Å². The Labute approximate surface area is 151 Å². The first kappa shape index (κ1) is 17.3. The van der Waals surface area contributed by atoms with Gasteiger partial charge >= 0.3 is 0 Å². The number of nitrogens with one attached hydrogen (secondary N) is 1. The van der Waals surface area contributed by atoms with Crippen molar-refractivity contribution in [3.8, 4) is 17.7 Å². The van der Waals surface area contributed by atoms with Crippen LogP contribution in [0.5, 0.6) is 5.88 Å². The molecule has 1 aromatic carbocycles. The molecular weight excluding hydrogens is 338 g/mol. The van der Waals surface area contributed by atoms with Crippen LogP contribution in [0.25, 0.3) is 0 Å². The normalized spacial score (nSPS) is 14.4. The molecule has 6 heteroatoms. The van der Waals surface area contributed by atoms with Gasteiger partial charge in [0, 0.05) is 30.3 Å². The number of rotatable bonds is 3. The molecule has 5 nitrogen and oxygen atoms in total. The molecular formula is C19H18ClN3O2. The summed E-state index contributed by atoms with van der Waals surface area (Å²) in [5.74, 6) is 6.04. The van der Waals surface area contributed by atoms with E-state index in [0.717, 1.165) is 12.8 Å². The summed E-state index contributed by atoms with van der Waals surface area (Å²) in [5.41, 5.74) is 7.57. The fraction of sp³-hybridized carbons (Fsp3) is 0.263. The Hall–Kier alpha value is -2.55. The molecule has 0 unspecified atom stereocenters. The minimum absolute atomic E-state index is 0.00567. The van der Waals surface area contributed by atoms with E-state index in [0.29, 0.717) is 40.9 Å². The molecule has 0 spiro atoms. The minimum Gasteiger partial charge on any atom is -0.474 e. The molecule has 0 saturated carbocycles. The summed E-state index contributed by atoms with van der Waals surface area (Å²) >= 11 is 6.10. The van der Waals surface area contributed by atoms with Gasteiger partial charge in [-0.15, -0.1) is 0 Å². The van der Waals surface area contributed by atoms with Crippen LogP contribution in [0.2, 0.25) is 5.02 Å². The standard InChI is InChI=1S/C19H18ClN3O2/c20-15-4-2-1-3-13(15)5-6-16(21)18-17(22)7-10-23-19(18)25-14-8-11-24-12-9-14/h1-4,7,10,14,21H,8-9,11-12H2,(H2,22,23). The first-order valence-corrected chi connectivity index (χ1v) is 8.37. The van der Waals surface area contributed by atoms with Gasteiger partial charge in [-0.2, -0.15) is 0 Å². The van der Waals surface area contributed by atoms with Crippen molar-refractivity contribution in [3.63, 3.8) is 0 Å². The Morgan fingerprint density at radius 2 is 2.04 bits per heavy atom. The predicted molar refractivity (Wildman–Crippen MR) is 98.3 cm³/mol. The van der Waals surface area contributed by atoms with E-state index >= 15 is 0 Å². The molecule has 0 aliphatic carbocycles. The van der Waals surface area contributed by atoms with E-state index in [9.17, 15) is 0 Å². The van der Waals surface area contributed by atoms with Gasteiger partial charge in [-0.05, 0) is 24.1 Å². The van der Waals surface area contributed by atoms with E-state index in [1.165, 1.54) is 0 Å². The van der Waals surface area contributed by atoms with Crippen molar-refractivity contribution >= 4 is 23.0 Å². The number of pyridine rings is 1. The predicted octanol–water partition coefficient (Wildman–Crippen LogP) is 3.29. The average Bonchev–Trinajstić information content (AvgIpc) is 2.62. The zero-order valence-corrected chi connectivity index (χ0v) is 14.3. The number of halogens is 1. The Kier molecular flexibility index (Phi) is 5.54. The average molecular weight is 356 g/mol. The topological polar surface area (TPSA) is 81.2 Å². The van der Waals surface area contributed by atoms with Crippen molar-refractivity contribution < 1.29 is 9.47 Å². The highest BCUT2D eigenvalue weighted by Gasteiger charge is 2.20. The monoisotopic (exact) mass is 355 g/mol. The first-order valence-electron chi connectivity index (χ1n) is 7.99. The van der Waals surface area contributed by atoms with Crippen LogP contribution in [-0.2, 0) is 4.74 Å². The van der Waals surface area contributed by atoms with Gasteiger partial charge in [0.15, 0.2) is 0 Å². The highest BCUT2D eigenvalue weighted by molar-refractivity contribution is 6.31. The summed E-state index contributed by atoms with van der Waals surface area (Å²) in [6.07, 6.45) is 3.15. The van der Waals surface area contributed by atoms with Crippen molar-refractivity contribution in [2.45, 2.75) is 18.9 Å². The highest BCUT2D eigenvalue weighted by atomic mass is 35.5. The van der Waals surface area contributed by atoms with Crippen LogP contribution >= 0.6 is 11.6 Å². The van der Waals surface area contributed by atoms with Crippen LogP contribution in [0.1, 0.15) is 24.0 Å². The number of benzene rings is 1. The van der Waals surface area contributed by atoms with Crippen LogP contribution in [0, 0.1) is 17.3 Å². The SMILES string of the molecule is N=C(C#Cc1ccccc1Cl)c1c(N)ccnc1OC1CCOCC1. The minimum atomic E-state index is 0.00567. The molecule has 3 N–H and O–H groups in total. The number of hydrogen-bond acceptors (Lipinski definition) is 5. The van der Waals surface area contributed by atoms with Crippen molar-refractivity contribution in [2.24, 2.45) is 0 Å². The summed E-state index contributed by atoms with van der Waals surface area (Å²) in [7, 11) is 0. The molecule has 3 rings (SSSR count). The van der Waals surface area contributed by atoms with Gasteiger partial charge in [-0.25, -0.2) is 4.98 Å². The fourth-order valence-corrected chi connectivity index (χ4v) is 2.69. The van der Waals surface area contributed by atoms with Crippen molar-refractivity contribution in [3.05, 3.63) is 52.7 Å². The Bertz CT molecular complexity index is 836. The second kappa shape index (κ2) is 8.02. The molecule has 0 atom stereocenters. The molecule has 1 fully saturated rings. The number of nitrogens with two attached hydrogens (primary N) is 1. The Morgan fingerprint density at radius 3 is 2.80 bits per heavy atom. The van der Waals surface area contributed by atoms with E-state index < -0.39 is 0 Å². The molecule has 0 amide bonds. The molecule has 1 aromatic heterocycles.